The normalized spacial score (nSPS) is 16.7. The summed E-state index contributed by atoms with van der Waals surface area (Å²) < 4.78 is 3.14. The molecule has 0 unspecified atom stereocenters. The Hall–Kier alpha value is -2.96. The lowest BCUT2D eigenvalue weighted by atomic mass is 10.0. The van der Waals surface area contributed by atoms with E-state index in [1.807, 2.05) is 18.2 Å². The van der Waals surface area contributed by atoms with Gasteiger partial charge in [-0.2, -0.15) is 5.10 Å². The molecule has 132 valence electrons. The van der Waals surface area contributed by atoms with E-state index in [0.717, 1.165) is 43.6 Å². The van der Waals surface area contributed by atoms with Gasteiger partial charge < -0.3 is 4.90 Å². The maximum absolute atomic E-state index is 12.2. The second-order valence-corrected chi connectivity index (χ2v) is 7.14. The second kappa shape index (κ2) is 5.79. The molecule has 0 aromatic carbocycles. The minimum absolute atomic E-state index is 0.00817. The molecule has 5 rings (SSSR count). The third-order valence-corrected chi connectivity index (χ3v) is 5.29. The van der Waals surface area contributed by atoms with Gasteiger partial charge in [-0.3, -0.25) is 14.0 Å². The van der Waals surface area contributed by atoms with Crippen LogP contribution in [0.25, 0.3) is 5.65 Å². The van der Waals surface area contributed by atoms with Gasteiger partial charge in [0.2, 0.25) is 0 Å². The van der Waals surface area contributed by atoms with Crippen LogP contribution in [-0.2, 0) is 19.4 Å². The Morgan fingerprint density at radius 3 is 2.85 bits per heavy atom. The van der Waals surface area contributed by atoms with Crippen molar-refractivity contribution in [2.24, 2.45) is 5.92 Å². The second-order valence-electron chi connectivity index (χ2n) is 7.14. The van der Waals surface area contributed by atoms with E-state index in [0.29, 0.717) is 23.9 Å². The van der Waals surface area contributed by atoms with E-state index < -0.39 is 0 Å². The number of rotatable bonds is 3. The van der Waals surface area contributed by atoms with Crippen molar-refractivity contribution < 1.29 is 0 Å². The molecular weight excluding hydrogens is 330 g/mol. The Morgan fingerprint density at radius 2 is 1.96 bits per heavy atom. The Morgan fingerprint density at radius 1 is 1.08 bits per heavy atom. The molecule has 1 saturated heterocycles. The smallest absolute Gasteiger partial charge is 0.267 e. The lowest BCUT2D eigenvalue weighted by Gasteiger charge is -2.40. The average molecular weight is 349 g/mol. The fraction of sp³-hybridized carbons (Fsp3) is 0.368. The average Bonchev–Trinajstić information content (AvgIpc) is 3.04. The topological polar surface area (TPSA) is 72.5 Å². The van der Waals surface area contributed by atoms with Crippen LogP contribution in [0.2, 0.25) is 0 Å². The summed E-state index contributed by atoms with van der Waals surface area (Å²) in [5.74, 6) is 1.04. The summed E-state index contributed by atoms with van der Waals surface area (Å²) in [6.45, 7) is 2.18. The number of hydrogen-bond acceptors (Lipinski definition) is 5. The molecule has 4 heterocycles. The van der Waals surface area contributed by atoms with Crippen molar-refractivity contribution >= 4 is 11.5 Å². The molecule has 0 bridgehead atoms. The minimum atomic E-state index is -0.0782. The first-order chi connectivity index (χ1) is 12.7. The van der Waals surface area contributed by atoms with Gasteiger partial charge in [0, 0.05) is 37.3 Å². The van der Waals surface area contributed by atoms with E-state index in [1.54, 1.807) is 23.0 Å². The van der Waals surface area contributed by atoms with Gasteiger partial charge in [0.1, 0.15) is 11.5 Å². The Balaban J connectivity index is 1.32. The Labute approximate surface area is 149 Å². The quantitative estimate of drug-likeness (QED) is 0.702. The van der Waals surface area contributed by atoms with Gasteiger partial charge in [0.05, 0.1) is 12.2 Å². The van der Waals surface area contributed by atoms with Gasteiger partial charge in [0.15, 0.2) is 0 Å². The molecule has 2 aliphatic rings. The van der Waals surface area contributed by atoms with Crippen molar-refractivity contribution in [3.05, 3.63) is 68.5 Å². The maximum Gasteiger partial charge on any atom is 0.267 e. The Bertz CT molecular complexity index is 1110. The molecule has 1 fully saturated rings. The molecule has 0 saturated carbocycles. The van der Waals surface area contributed by atoms with Crippen LogP contribution in [0.1, 0.15) is 17.7 Å². The van der Waals surface area contributed by atoms with Gasteiger partial charge in [-0.05, 0) is 37.0 Å². The highest BCUT2D eigenvalue weighted by atomic mass is 16.1. The molecule has 7 nitrogen and oxygen atoms in total. The van der Waals surface area contributed by atoms with E-state index in [9.17, 15) is 9.59 Å². The molecule has 7 heteroatoms. The zero-order valence-corrected chi connectivity index (χ0v) is 14.3. The van der Waals surface area contributed by atoms with E-state index in [2.05, 4.69) is 15.0 Å². The van der Waals surface area contributed by atoms with Crippen LogP contribution in [0, 0.1) is 5.92 Å². The molecule has 3 aromatic rings. The molecule has 1 aliphatic heterocycles. The largest absolute Gasteiger partial charge is 0.356 e. The van der Waals surface area contributed by atoms with E-state index in [1.165, 1.54) is 4.40 Å². The van der Waals surface area contributed by atoms with Crippen molar-refractivity contribution in [3.8, 4) is 0 Å². The number of nitrogens with zero attached hydrogens (tertiary/aromatic N) is 5. The fourth-order valence-electron chi connectivity index (χ4n) is 3.89. The third kappa shape index (κ3) is 2.51. The molecule has 0 radical (unpaired) electrons. The maximum atomic E-state index is 12.2. The predicted molar refractivity (Wildman–Crippen MR) is 97.7 cm³/mol. The molecule has 0 amide bonds. The van der Waals surface area contributed by atoms with Crippen LogP contribution >= 0.6 is 0 Å². The summed E-state index contributed by atoms with van der Waals surface area (Å²) in [6, 6.07) is 8.84. The van der Waals surface area contributed by atoms with Crippen molar-refractivity contribution in [1.29, 1.82) is 0 Å². The van der Waals surface area contributed by atoms with Crippen LogP contribution in [0.15, 0.2) is 46.1 Å². The number of pyridine rings is 1. The van der Waals surface area contributed by atoms with Crippen molar-refractivity contribution in [3.63, 3.8) is 0 Å². The molecule has 3 aromatic heterocycles. The lowest BCUT2D eigenvalue weighted by molar-refractivity contribution is 0.331. The van der Waals surface area contributed by atoms with Crippen LogP contribution in [0.4, 0.5) is 5.82 Å². The predicted octanol–water partition coefficient (Wildman–Crippen LogP) is 0.876. The molecule has 0 atom stereocenters. The van der Waals surface area contributed by atoms with Crippen LogP contribution < -0.4 is 16.0 Å². The van der Waals surface area contributed by atoms with Crippen LogP contribution in [-0.4, -0.2) is 32.3 Å². The first-order valence-electron chi connectivity index (χ1n) is 9.01. The fourth-order valence-corrected chi connectivity index (χ4v) is 3.89. The van der Waals surface area contributed by atoms with Gasteiger partial charge >= 0.3 is 0 Å². The number of aryl methyl sites for hydroxylation is 2. The van der Waals surface area contributed by atoms with E-state index >= 15 is 0 Å². The highest BCUT2D eigenvalue weighted by Crippen LogP contribution is 2.23. The van der Waals surface area contributed by atoms with Gasteiger partial charge in [0.25, 0.3) is 11.1 Å². The van der Waals surface area contributed by atoms with Crippen LogP contribution in [0.3, 0.4) is 0 Å². The highest BCUT2D eigenvalue weighted by molar-refractivity contribution is 5.49. The molecular formula is C19H19N5O2. The summed E-state index contributed by atoms with van der Waals surface area (Å²) in [6.07, 6.45) is 4.75. The molecule has 1 aliphatic carbocycles. The molecule has 0 N–H and O–H groups in total. The number of aromatic nitrogens is 4. The van der Waals surface area contributed by atoms with Gasteiger partial charge in [-0.15, -0.1) is 0 Å². The molecule has 0 spiro atoms. The monoisotopic (exact) mass is 349 g/mol. The van der Waals surface area contributed by atoms with Crippen molar-refractivity contribution in [2.75, 3.05) is 18.0 Å². The van der Waals surface area contributed by atoms with E-state index in [-0.39, 0.29) is 11.1 Å². The van der Waals surface area contributed by atoms with E-state index in [4.69, 9.17) is 0 Å². The standard InChI is InChI=1S/C19H19N5O2/c25-18-9-17(20-16-6-1-2-7-23(16)18)22-10-13(11-22)12-24-19(26)8-14-4-3-5-15(14)21-24/h1-2,6-9,13H,3-5,10-12H2. The number of fused-ring (bicyclic) bond motifs is 2. The SMILES string of the molecule is O=c1cc2c(nn1CC1CN(c3cc(=O)n4ccccc4n3)C1)CCC2. The summed E-state index contributed by atoms with van der Waals surface area (Å²) in [4.78, 5) is 31.1. The van der Waals surface area contributed by atoms with Crippen molar-refractivity contribution in [2.45, 2.75) is 25.8 Å². The van der Waals surface area contributed by atoms with Gasteiger partial charge in [-0.1, -0.05) is 6.07 Å². The first-order valence-corrected chi connectivity index (χ1v) is 9.01. The third-order valence-electron chi connectivity index (χ3n) is 5.29. The minimum Gasteiger partial charge on any atom is -0.356 e. The number of anilines is 1. The zero-order chi connectivity index (χ0) is 17.7. The Kier molecular flexibility index (Phi) is 3.41. The summed E-state index contributed by atoms with van der Waals surface area (Å²) in [5, 5.41) is 4.54. The van der Waals surface area contributed by atoms with Gasteiger partial charge in [-0.25, -0.2) is 9.67 Å². The number of hydrogen-bond donors (Lipinski definition) is 0. The summed E-state index contributed by atoms with van der Waals surface area (Å²) in [7, 11) is 0. The first kappa shape index (κ1) is 15.3. The molecule has 26 heavy (non-hydrogen) atoms. The summed E-state index contributed by atoms with van der Waals surface area (Å²) >= 11 is 0. The van der Waals surface area contributed by atoms with Crippen molar-refractivity contribution in [1.82, 2.24) is 19.2 Å². The van der Waals surface area contributed by atoms with Crippen LogP contribution in [0.5, 0.6) is 0 Å². The lowest BCUT2D eigenvalue weighted by Crippen LogP contribution is -2.50. The highest BCUT2D eigenvalue weighted by Gasteiger charge is 2.29. The summed E-state index contributed by atoms with van der Waals surface area (Å²) in [5.41, 5.74) is 2.75. The zero-order valence-electron chi connectivity index (χ0n) is 14.3.